The van der Waals surface area contributed by atoms with Crippen LogP contribution in [0.5, 0.6) is 11.5 Å². The molecule has 1 fully saturated rings. The smallest absolute Gasteiger partial charge is 0.121 e. The molecule has 0 aliphatic carbocycles. The lowest BCUT2D eigenvalue weighted by Gasteiger charge is -2.38. The summed E-state index contributed by atoms with van der Waals surface area (Å²) in [5, 5.41) is 16.2. The van der Waals surface area contributed by atoms with E-state index < -0.39 is 5.60 Å². The molecular weight excluding hydrogens is 473 g/mol. The summed E-state index contributed by atoms with van der Waals surface area (Å²) < 4.78 is 13.7. The van der Waals surface area contributed by atoms with E-state index >= 15 is 0 Å². The van der Waals surface area contributed by atoms with Gasteiger partial charge in [0.25, 0.3) is 0 Å². The van der Waals surface area contributed by atoms with Crippen LogP contribution in [-0.4, -0.2) is 51.7 Å². The number of hydrogen-bond acceptors (Lipinski definition) is 5. The van der Waals surface area contributed by atoms with Crippen LogP contribution in [0.4, 0.5) is 0 Å². The minimum absolute atomic E-state index is 0.236. The van der Waals surface area contributed by atoms with Crippen LogP contribution in [0.25, 0.3) is 0 Å². The first kappa shape index (κ1) is 24.9. The van der Waals surface area contributed by atoms with E-state index in [1.807, 2.05) is 36.1 Å². The topological polar surface area (TPSA) is 59.8 Å². The molecule has 0 spiro atoms. The number of ether oxygens (including phenoxy) is 2. The first-order chi connectivity index (χ1) is 16.4. The summed E-state index contributed by atoms with van der Waals surface area (Å²) in [6, 6.07) is 13.4. The number of nitrogens with zero attached hydrogens (tertiary/aromatic N) is 3. The third-order valence-electron chi connectivity index (χ3n) is 6.05. The highest BCUT2D eigenvalue weighted by Crippen LogP contribution is 2.29. The van der Waals surface area contributed by atoms with Crippen molar-refractivity contribution >= 4 is 23.2 Å². The summed E-state index contributed by atoms with van der Waals surface area (Å²) in [5.41, 5.74) is 1.53. The first-order valence-electron chi connectivity index (χ1n) is 11.6. The third-order valence-corrected chi connectivity index (χ3v) is 6.79. The molecule has 1 N–H and O–H groups in total. The van der Waals surface area contributed by atoms with Crippen molar-refractivity contribution in [1.82, 2.24) is 14.7 Å². The summed E-state index contributed by atoms with van der Waals surface area (Å²) in [7, 11) is 0. The molecule has 34 heavy (non-hydrogen) atoms. The number of aliphatic hydroxyl groups is 1. The molecule has 0 bridgehead atoms. The van der Waals surface area contributed by atoms with Crippen molar-refractivity contribution < 1.29 is 14.6 Å². The predicted octanol–water partition coefficient (Wildman–Crippen LogP) is 5.37. The van der Waals surface area contributed by atoms with Crippen molar-refractivity contribution in [2.24, 2.45) is 0 Å². The Hall–Kier alpha value is -2.25. The molecule has 6 nitrogen and oxygen atoms in total. The zero-order valence-electron chi connectivity index (χ0n) is 19.4. The largest absolute Gasteiger partial charge is 0.494 e. The fourth-order valence-corrected chi connectivity index (χ4v) is 4.34. The van der Waals surface area contributed by atoms with E-state index in [9.17, 15) is 5.11 Å². The van der Waals surface area contributed by atoms with E-state index in [1.54, 1.807) is 18.2 Å². The number of likely N-dealkylation sites (tertiary alicyclic amines) is 1. The SMILES string of the molecule is Cc1cnn(CCCOc2cccc(CN3CCC(O)(COc4ccc(Cl)c(Cl)c4)CC3)c2)c1. The highest BCUT2D eigenvalue weighted by atomic mass is 35.5. The van der Waals surface area contributed by atoms with Crippen molar-refractivity contribution in [3.63, 3.8) is 0 Å². The molecular formula is C26H31Cl2N3O3. The van der Waals surface area contributed by atoms with Crippen molar-refractivity contribution in [3.8, 4) is 11.5 Å². The lowest BCUT2D eigenvalue weighted by atomic mass is 9.92. The zero-order chi connectivity index (χ0) is 24.0. The maximum atomic E-state index is 11.0. The first-order valence-corrected chi connectivity index (χ1v) is 12.4. The second-order valence-corrected chi connectivity index (χ2v) is 9.81. The summed E-state index contributed by atoms with van der Waals surface area (Å²) in [6.45, 7) is 6.20. The Morgan fingerprint density at radius 3 is 2.56 bits per heavy atom. The fourth-order valence-electron chi connectivity index (χ4n) is 4.05. The standard InChI is InChI=1S/C26H31Cl2N3O3/c1-20-16-29-31(17-20)10-3-13-33-22-5-2-4-21(14-22)18-30-11-8-26(32,9-12-30)19-34-23-6-7-24(27)25(28)15-23/h2,4-7,14-17,32H,3,8-13,18-19H2,1H3. The van der Waals surface area contributed by atoms with E-state index in [0.717, 1.165) is 38.3 Å². The molecule has 3 aromatic rings. The Kier molecular flexibility index (Phi) is 8.37. The van der Waals surface area contributed by atoms with Crippen LogP contribution in [0.3, 0.4) is 0 Å². The second-order valence-electron chi connectivity index (χ2n) is 9.00. The van der Waals surface area contributed by atoms with Crippen molar-refractivity contribution in [1.29, 1.82) is 0 Å². The molecule has 8 heteroatoms. The molecule has 1 saturated heterocycles. The number of aryl methyl sites for hydroxylation is 2. The van der Waals surface area contributed by atoms with Crippen molar-refractivity contribution in [2.45, 2.75) is 44.9 Å². The van der Waals surface area contributed by atoms with E-state index in [0.29, 0.717) is 35.2 Å². The molecule has 182 valence electrons. The molecule has 0 unspecified atom stereocenters. The van der Waals surface area contributed by atoms with E-state index in [4.69, 9.17) is 32.7 Å². The molecule has 0 amide bonds. The van der Waals surface area contributed by atoms with Gasteiger partial charge >= 0.3 is 0 Å². The third kappa shape index (κ3) is 7.12. The highest BCUT2D eigenvalue weighted by molar-refractivity contribution is 6.42. The Labute approximate surface area is 211 Å². The van der Waals surface area contributed by atoms with Gasteiger partial charge in [-0.3, -0.25) is 9.58 Å². The van der Waals surface area contributed by atoms with Crippen LogP contribution in [0.1, 0.15) is 30.4 Å². The molecule has 0 saturated carbocycles. The highest BCUT2D eigenvalue weighted by Gasteiger charge is 2.33. The summed E-state index contributed by atoms with van der Waals surface area (Å²) >= 11 is 12.0. The maximum absolute atomic E-state index is 11.0. The average Bonchev–Trinajstić information content (AvgIpc) is 3.25. The number of hydrogen-bond donors (Lipinski definition) is 1. The average molecular weight is 504 g/mol. The van der Waals surface area contributed by atoms with Crippen LogP contribution in [0.15, 0.2) is 54.9 Å². The van der Waals surface area contributed by atoms with Crippen LogP contribution in [0, 0.1) is 6.92 Å². The van der Waals surface area contributed by atoms with Gasteiger partial charge in [-0.25, -0.2) is 0 Å². The minimum atomic E-state index is -0.847. The number of aromatic nitrogens is 2. The van der Waals surface area contributed by atoms with E-state index in [-0.39, 0.29) is 6.61 Å². The number of benzene rings is 2. The van der Waals surface area contributed by atoms with Gasteiger partial charge in [0, 0.05) is 44.9 Å². The zero-order valence-corrected chi connectivity index (χ0v) is 20.9. The van der Waals surface area contributed by atoms with E-state index in [1.165, 1.54) is 11.1 Å². The Morgan fingerprint density at radius 1 is 1.03 bits per heavy atom. The van der Waals surface area contributed by atoms with Crippen molar-refractivity contribution in [3.05, 3.63) is 76.0 Å². The number of piperidine rings is 1. The van der Waals surface area contributed by atoms with Gasteiger partial charge in [-0.15, -0.1) is 0 Å². The van der Waals surface area contributed by atoms with Gasteiger partial charge < -0.3 is 14.6 Å². The van der Waals surface area contributed by atoms with Crippen LogP contribution in [-0.2, 0) is 13.1 Å². The van der Waals surface area contributed by atoms with Gasteiger partial charge in [0.2, 0.25) is 0 Å². The lowest BCUT2D eigenvalue weighted by molar-refractivity contribution is -0.0537. The summed E-state index contributed by atoms with van der Waals surface area (Å²) in [5.74, 6) is 1.50. The maximum Gasteiger partial charge on any atom is 0.121 e. The van der Waals surface area contributed by atoms with Gasteiger partial charge in [-0.2, -0.15) is 5.10 Å². The van der Waals surface area contributed by atoms with Gasteiger partial charge in [0.05, 0.1) is 22.8 Å². The second kappa shape index (κ2) is 11.5. The number of halogens is 2. The van der Waals surface area contributed by atoms with Crippen molar-refractivity contribution in [2.75, 3.05) is 26.3 Å². The Morgan fingerprint density at radius 2 is 1.82 bits per heavy atom. The molecule has 0 radical (unpaired) electrons. The quantitative estimate of drug-likeness (QED) is 0.376. The Bertz CT molecular complexity index is 1080. The fraction of sp³-hybridized carbons (Fsp3) is 0.423. The molecule has 2 aromatic carbocycles. The van der Waals surface area contributed by atoms with Gasteiger partial charge in [-0.05, 0) is 55.2 Å². The molecule has 0 atom stereocenters. The van der Waals surface area contributed by atoms with E-state index in [2.05, 4.69) is 22.1 Å². The van der Waals surface area contributed by atoms with Crippen LogP contribution >= 0.6 is 23.2 Å². The molecule has 1 aliphatic rings. The Balaban J connectivity index is 1.20. The predicted molar refractivity (Wildman–Crippen MR) is 135 cm³/mol. The monoisotopic (exact) mass is 503 g/mol. The summed E-state index contributed by atoms with van der Waals surface area (Å²) in [4.78, 5) is 2.35. The molecule has 1 aromatic heterocycles. The molecule has 2 heterocycles. The van der Waals surface area contributed by atoms with Crippen LogP contribution < -0.4 is 9.47 Å². The lowest BCUT2D eigenvalue weighted by Crippen LogP contribution is -2.47. The molecule has 1 aliphatic heterocycles. The minimum Gasteiger partial charge on any atom is -0.494 e. The van der Waals surface area contributed by atoms with Gasteiger partial charge in [0.1, 0.15) is 23.7 Å². The summed E-state index contributed by atoms with van der Waals surface area (Å²) in [6.07, 6.45) is 6.11. The molecule has 4 rings (SSSR count). The normalized spacial score (nSPS) is 15.9. The van der Waals surface area contributed by atoms with Gasteiger partial charge in [0.15, 0.2) is 0 Å². The number of rotatable bonds is 10. The van der Waals surface area contributed by atoms with Gasteiger partial charge in [-0.1, -0.05) is 35.3 Å². The van der Waals surface area contributed by atoms with Crippen LogP contribution in [0.2, 0.25) is 10.0 Å².